The maximum absolute atomic E-state index is 11.8. The van der Waals surface area contributed by atoms with Gasteiger partial charge in [-0.3, -0.25) is 4.79 Å². The average Bonchev–Trinajstić information content (AvgIpc) is 2.40. The molecule has 0 aliphatic carbocycles. The van der Waals surface area contributed by atoms with Gasteiger partial charge in [0.1, 0.15) is 5.78 Å². The molecule has 0 bridgehead atoms. The van der Waals surface area contributed by atoms with Crippen LogP contribution < -0.4 is 0 Å². The Balaban J connectivity index is 2.12. The van der Waals surface area contributed by atoms with Crippen molar-refractivity contribution in [1.29, 1.82) is 0 Å². The Morgan fingerprint density at radius 1 is 1.20 bits per heavy atom. The molecule has 1 rings (SSSR count). The molecule has 0 radical (unpaired) electrons. The van der Waals surface area contributed by atoms with Crippen LogP contribution in [0.25, 0.3) is 0 Å². The SMILES string of the molecule is Cc1cccc(CCC(=O)CCCC/C=C/C(C)C)c1. The molecule has 0 saturated heterocycles. The van der Waals surface area contributed by atoms with Crippen molar-refractivity contribution in [3.05, 3.63) is 47.5 Å². The van der Waals surface area contributed by atoms with E-state index in [0.29, 0.717) is 18.1 Å². The molecule has 0 spiro atoms. The second-order valence-electron chi connectivity index (χ2n) is 5.95. The molecular weight excluding hydrogens is 244 g/mol. The van der Waals surface area contributed by atoms with E-state index in [4.69, 9.17) is 0 Å². The summed E-state index contributed by atoms with van der Waals surface area (Å²) >= 11 is 0. The van der Waals surface area contributed by atoms with Crippen molar-refractivity contribution in [3.8, 4) is 0 Å². The van der Waals surface area contributed by atoms with E-state index in [1.165, 1.54) is 11.1 Å². The summed E-state index contributed by atoms with van der Waals surface area (Å²) < 4.78 is 0. The molecule has 0 amide bonds. The Hall–Kier alpha value is -1.37. The zero-order chi connectivity index (χ0) is 14.8. The van der Waals surface area contributed by atoms with Gasteiger partial charge in [0.05, 0.1) is 0 Å². The molecule has 0 fully saturated rings. The molecule has 0 heterocycles. The Labute approximate surface area is 124 Å². The fraction of sp³-hybridized carbons (Fsp3) is 0.526. The highest BCUT2D eigenvalue weighted by Crippen LogP contribution is 2.09. The summed E-state index contributed by atoms with van der Waals surface area (Å²) in [4.78, 5) is 11.8. The van der Waals surface area contributed by atoms with E-state index in [2.05, 4.69) is 57.2 Å². The van der Waals surface area contributed by atoms with Crippen molar-refractivity contribution in [2.75, 3.05) is 0 Å². The fourth-order valence-electron chi connectivity index (χ4n) is 2.23. The number of allylic oxidation sites excluding steroid dienone is 2. The number of hydrogen-bond acceptors (Lipinski definition) is 1. The van der Waals surface area contributed by atoms with Crippen LogP contribution in [0.5, 0.6) is 0 Å². The lowest BCUT2D eigenvalue weighted by Crippen LogP contribution is -2.00. The molecule has 1 aromatic rings. The number of unbranched alkanes of at least 4 members (excludes halogenated alkanes) is 2. The first-order chi connectivity index (χ1) is 9.58. The van der Waals surface area contributed by atoms with Crippen molar-refractivity contribution in [1.82, 2.24) is 0 Å². The number of benzene rings is 1. The van der Waals surface area contributed by atoms with E-state index >= 15 is 0 Å². The van der Waals surface area contributed by atoms with E-state index < -0.39 is 0 Å². The van der Waals surface area contributed by atoms with Crippen molar-refractivity contribution in [3.63, 3.8) is 0 Å². The summed E-state index contributed by atoms with van der Waals surface area (Å²) in [7, 11) is 0. The van der Waals surface area contributed by atoms with E-state index in [9.17, 15) is 4.79 Å². The summed E-state index contributed by atoms with van der Waals surface area (Å²) in [6, 6.07) is 8.44. The Morgan fingerprint density at radius 3 is 2.70 bits per heavy atom. The second kappa shape index (κ2) is 9.52. The Bertz CT molecular complexity index is 429. The number of aryl methyl sites for hydroxylation is 2. The number of hydrogen-bond donors (Lipinski definition) is 0. The minimum Gasteiger partial charge on any atom is -0.300 e. The van der Waals surface area contributed by atoms with Gasteiger partial charge in [-0.25, -0.2) is 0 Å². The normalized spacial score (nSPS) is 11.4. The Morgan fingerprint density at radius 2 is 2.00 bits per heavy atom. The standard InChI is InChI=1S/C19H28O/c1-16(2)9-6-4-5-7-12-19(20)14-13-18-11-8-10-17(3)15-18/h6,8-11,15-16H,4-5,7,12-14H2,1-3H3/b9-6+. The van der Waals surface area contributed by atoms with Gasteiger partial charge in [-0.15, -0.1) is 0 Å². The summed E-state index contributed by atoms with van der Waals surface area (Å²) in [5.41, 5.74) is 2.55. The lowest BCUT2D eigenvalue weighted by atomic mass is 10.0. The van der Waals surface area contributed by atoms with Crippen molar-refractivity contribution in [2.45, 2.75) is 59.3 Å². The lowest BCUT2D eigenvalue weighted by Gasteiger charge is -2.03. The minimum atomic E-state index is 0.402. The zero-order valence-electron chi connectivity index (χ0n) is 13.2. The monoisotopic (exact) mass is 272 g/mol. The van der Waals surface area contributed by atoms with Gasteiger partial charge in [-0.05, 0) is 44.1 Å². The number of Topliss-reactive ketones (excluding diaryl/α,β-unsaturated/α-hetero) is 1. The largest absolute Gasteiger partial charge is 0.300 e. The van der Waals surface area contributed by atoms with Gasteiger partial charge < -0.3 is 0 Å². The van der Waals surface area contributed by atoms with Crippen LogP contribution in [0.3, 0.4) is 0 Å². The van der Waals surface area contributed by atoms with Crippen LogP contribution in [0.2, 0.25) is 0 Å². The summed E-state index contributed by atoms with van der Waals surface area (Å²) in [6.07, 6.45) is 10.0. The molecule has 0 aromatic heterocycles. The van der Waals surface area contributed by atoms with E-state index in [1.54, 1.807) is 0 Å². The van der Waals surface area contributed by atoms with Crippen LogP contribution in [0.15, 0.2) is 36.4 Å². The third-order valence-electron chi connectivity index (χ3n) is 3.37. The Kier molecular flexibility index (Phi) is 7.94. The van der Waals surface area contributed by atoms with Gasteiger partial charge >= 0.3 is 0 Å². The highest BCUT2D eigenvalue weighted by molar-refractivity contribution is 5.78. The van der Waals surface area contributed by atoms with Crippen LogP contribution in [0.4, 0.5) is 0 Å². The molecule has 0 aliphatic heterocycles. The third kappa shape index (κ3) is 7.93. The summed E-state index contributed by atoms with van der Waals surface area (Å²) in [6.45, 7) is 6.46. The predicted octanol–water partition coefficient (Wildman–Crippen LogP) is 5.27. The highest BCUT2D eigenvalue weighted by atomic mass is 16.1. The smallest absolute Gasteiger partial charge is 0.133 e. The van der Waals surface area contributed by atoms with Crippen LogP contribution in [-0.4, -0.2) is 5.78 Å². The van der Waals surface area contributed by atoms with Crippen molar-refractivity contribution >= 4 is 5.78 Å². The third-order valence-corrected chi connectivity index (χ3v) is 3.37. The molecule has 0 saturated carbocycles. The molecule has 1 nitrogen and oxygen atoms in total. The maximum atomic E-state index is 11.8. The van der Waals surface area contributed by atoms with Crippen LogP contribution in [0, 0.1) is 12.8 Å². The zero-order valence-corrected chi connectivity index (χ0v) is 13.2. The van der Waals surface area contributed by atoms with Gasteiger partial charge in [-0.1, -0.05) is 55.8 Å². The average molecular weight is 272 g/mol. The molecular formula is C19H28O. The first-order valence-corrected chi connectivity index (χ1v) is 7.82. The van der Waals surface area contributed by atoms with Gasteiger partial charge in [-0.2, -0.15) is 0 Å². The number of rotatable bonds is 9. The summed E-state index contributed by atoms with van der Waals surface area (Å²) in [5, 5.41) is 0. The predicted molar refractivity (Wildman–Crippen MR) is 87.0 cm³/mol. The molecule has 1 heteroatoms. The number of carbonyl (C=O) groups excluding carboxylic acids is 1. The van der Waals surface area contributed by atoms with Crippen LogP contribution >= 0.6 is 0 Å². The maximum Gasteiger partial charge on any atom is 0.133 e. The van der Waals surface area contributed by atoms with Gasteiger partial charge in [0.15, 0.2) is 0 Å². The van der Waals surface area contributed by atoms with Gasteiger partial charge in [0.25, 0.3) is 0 Å². The van der Waals surface area contributed by atoms with Crippen LogP contribution in [0.1, 0.15) is 57.1 Å². The molecule has 0 aliphatic rings. The number of carbonyl (C=O) groups is 1. The second-order valence-corrected chi connectivity index (χ2v) is 5.95. The van der Waals surface area contributed by atoms with Crippen molar-refractivity contribution in [2.24, 2.45) is 5.92 Å². The van der Waals surface area contributed by atoms with Crippen molar-refractivity contribution < 1.29 is 4.79 Å². The molecule has 20 heavy (non-hydrogen) atoms. The highest BCUT2D eigenvalue weighted by Gasteiger charge is 2.02. The van der Waals surface area contributed by atoms with E-state index in [0.717, 1.165) is 32.1 Å². The molecule has 0 unspecified atom stereocenters. The quantitative estimate of drug-likeness (QED) is 0.442. The molecule has 0 atom stereocenters. The number of ketones is 1. The van der Waals surface area contributed by atoms with Gasteiger partial charge in [0.2, 0.25) is 0 Å². The van der Waals surface area contributed by atoms with Gasteiger partial charge in [0, 0.05) is 12.8 Å². The van der Waals surface area contributed by atoms with Crippen LogP contribution in [-0.2, 0) is 11.2 Å². The van der Waals surface area contributed by atoms with E-state index in [1.807, 2.05) is 0 Å². The summed E-state index contributed by atoms with van der Waals surface area (Å²) in [5.74, 6) is 1.03. The molecule has 110 valence electrons. The minimum absolute atomic E-state index is 0.402. The molecule has 1 aromatic carbocycles. The lowest BCUT2D eigenvalue weighted by molar-refractivity contribution is -0.119. The van der Waals surface area contributed by atoms with E-state index in [-0.39, 0.29) is 0 Å². The fourth-order valence-corrected chi connectivity index (χ4v) is 2.23. The first-order valence-electron chi connectivity index (χ1n) is 7.82. The topological polar surface area (TPSA) is 17.1 Å². The first kappa shape index (κ1) is 16.7. The molecule has 0 N–H and O–H groups in total.